The first kappa shape index (κ1) is 42.2. The minimum Gasteiger partial charge on any atom is -0.445 e. The van der Waals surface area contributed by atoms with Gasteiger partial charge < -0.3 is 29.5 Å². The van der Waals surface area contributed by atoms with Gasteiger partial charge in [0.15, 0.2) is 6.29 Å². The van der Waals surface area contributed by atoms with E-state index in [4.69, 9.17) is 14.2 Å². The smallest absolute Gasteiger partial charge is 0.408 e. The van der Waals surface area contributed by atoms with Crippen molar-refractivity contribution in [3.8, 4) is 11.1 Å². The number of alkyl carbamates (subject to hydrolysis) is 1. The molecular weight excluding hydrogens is 791 g/mol. The van der Waals surface area contributed by atoms with Gasteiger partial charge >= 0.3 is 6.09 Å². The number of carbonyl (C=O) groups is 3. The number of rotatable bonds is 13. The standard InChI is InChI=1S/C48H49N5O9/c1-32-43(29-50-22-24-51(25-23-50)40-18-20-41(21-19-40)53(58)59)61-47(62-45(32)37-12-10-33(30-54)11-13-37)38-16-14-36(15-17-38)39-9-5-8-35(26-39)28-52-44(55)27-42(46(52)56)49-48(57)60-31-34-6-3-2-4-7-34/h2-21,26,32,42-43,45,47,54H,22-25,27-31H2,1H3,(H,49,57)/t32-,42?,43+,45+,47+/m0/s1. The average molecular weight is 840 g/mol. The lowest BCUT2D eigenvalue weighted by Crippen LogP contribution is -2.51. The predicted octanol–water partition coefficient (Wildman–Crippen LogP) is 6.92. The Hall–Kier alpha value is -6.45. The number of likely N-dealkylation sites (tertiary alicyclic amines) is 1. The molecule has 3 aliphatic rings. The van der Waals surface area contributed by atoms with Crippen molar-refractivity contribution < 1.29 is 38.6 Å². The number of non-ortho nitro benzene ring substituents is 1. The summed E-state index contributed by atoms with van der Waals surface area (Å²) in [5.74, 6) is -0.839. The number of nitro groups is 1. The molecule has 3 saturated heterocycles. The van der Waals surface area contributed by atoms with Gasteiger partial charge in [0.1, 0.15) is 12.6 Å². The molecule has 0 aliphatic carbocycles. The number of amides is 3. The fourth-order valence-electron chi connectivity index (χ4n) is 8.29. The number of hydrogen-bond acceptors (Lipinski definition) is 11. The van der Waals surface area contributed by atoms with Crippen molar-refractivity contribution in [1.82, 2.24) is 15.1 Å². The largest absolute Gasteiger partial charge is 0.445 e. The number of aliphatic hydroxyl groups excluding tert-OH is 1. The zero-order chi connectivity index (χ0) is 43.2. The van der Waals surface area contributed by atoms with Crippen molar-refractivity contribution in [1.29, 1.82) is 0 Å². The highest BCUT2D eigenvalue weighted by Gasteiger charge is 2.41. The second-order valence-electron chi connectivity index (χ2n) is 16.0. The monoisotopic (exact) mass is 839 g/mol. The first-order valence-electron chi connectivity index (χ1n) is 20.8. The van der Waals surface area contributed by atoms with E-state index in [0.29, 0.717) is 6.54 Å². The van der Waals surface area contributed by atoms with Crippen LogP contribution < -0.4 is 10.2 Å². The SMILES string of the molecule is C[C@H]1[C@@H](CN2CCN(c3ccc([N+](=O)[O-])cc3)CC2)O[C@@H](c2ccc(-c3cccc(CN4C(=O)CC(NC(=O)OCc5ccccc5)C4=O)c3)cc2)O[C@H]1c1ccc(CO)cc1. The third-order valence-corrected chi connectivity index (χ3v) is 11.9. The molecular formula is C48H49N5O9. The van der Waals surface area contributed by atoms with Crippen LogP contribution in [0.25, 0.3) is 11.1 Å². The van der Waals surface area contributed by atoms with E-state index in [1.54, 1.807) is 24.3 Å². The number of nitro benzene ring substituents is 1. The van der Waals surface area contributed by atoms with Crippen molar-refractivity contribution in [3.05, 3.63) is 165 Å². The molecule has 0 radical (unpaired) electrons. The summed E-state index contributed by atoms with van der Waals surface area (Å²) in [4.78, 5) is 55.2. The summed E-state index contributed by atoms with van der Waals surface area (Å²) in [5.41, 5.74) is 7.13. The van der Waals surface area contributed by atoms with Gasteiger partial charge in [-0.1, -0.05) is 104 Å². The minimum atomic E-state index is -0.993. The molecule has 8 rings (SSSR count). The molecule has 62 heavy (non-hydrogen) atoms. The van der Waals surface area contributed by atoms with Gasteiger partial charge in [0.05, 0.1) is 36.7 Å². The molecule has 0 spiro atoms. The fourth-order valence-corrected chi connectivity index (χ4v) is 8.29. The molecule has 5 atom stereocenters. The Morgan fingerprint density at radius 1 is 0.806 bits per heavy atom. The second kappa shape index (κ2) is 19.1. The van der Waals surface area contributed by atoms with Crippen LogP contribution in [0.5, 0.6) is 0 Å². The van der Waals surface area contributed by atoms with Crippen molar-refractivity contribution in [2.24, 2.45) is 5.92 Å². The zero-order valence-electron chi connectivity index (χ0n) is 34.4. The molecule has 320 valence electrons. The predicted molar refractivity (Wildman–Crippen MR) is 230 cm³/mol. The maximum atomic E-state index is 13.2. The van der Waals surface area contributed by atoms with Crippen molar-refractivity contribution in [3.63, 3.8) is 0 Å². The van der Waals surface area contributed by atoms with E-state index in [1.807, 2.05) is 103 Å². The number of hydrogen-bond donors (Lipinski definition) is 2. The number of imide groups is 1. The Balaban J connectivity index is 0.917. The average Bonchev–Trinajstić information content (AvgIpc) is 3.56. The van der Waals surface area contributed by atoms with Crippen molar-refractivity contribution >= 4 is 29.3 Å². The highest BCUT2D eigenvalue weighted by molar-refractivity contribution is 6.06. The molecule has 1 unspecified atom stereocenters. The normalized spacial score (nSPS) is 21.8. The summed E-state index contributed by atoms with van der Waals surface area (Å²) in [7, 11) is 0. The third kappa shape index (κ3) is 9.85. The Labute approximate surface area is 359 Å². The van der Waals surface area contributed by atoms with Gasteiger partial charge in [-0.05, 0) is 51.6 Å². The molecule has 5 aromatic rings. The van der Waals surface area contributed by atoms with Gasteiger partial charge in [-0.3, -0.25) is 29.5 Å². The Morgan fingerprint density at radius 2 is 1.50 bits per heavy atom. The summed E-state index contributed by atoms with van der Waals surface area (Å²) in [6.45, 7) is 6.09. The van der Waals surface area contributed by atoms with Crippen LogP contribution >= 0.6 is 0 Å². The van der Waals surface area contributed by atoms with Crippen molar-refractivity contribution in [2.75, 3.05) is 37.6 Å². The number of carbonyl (C=O) groups excluding carboxylic acids is 3. The summed E-state index contributed by atoms with van der Waals surface area (Å²) < 4.78 is 18.8. The second-order valence-corrected chi connectivity index (χ2v) is 16.0. The van der Waals surface area contributed by atoms with Crippen LogP contribution in [0.15, 0.2) is 127 Å². The first-order valence-corrected chi connectivity index (χ1v) is 20.8. The maximum absolute atomic E-state index is 13.2. The Bertz CT molecular complexity index is 2350. The number of anilines is 1. The minimum absolute atomic E-state index is 0.00910. The van der Waals surface area contributed by atoms with Crippen LogP contribution in [0.4, 0.5) is 16.2 Å². The number of nitrogens with one attached hydrogen (secondary N) is 1. The highest BCUT2D eigenvalue weighted by atomic mass is 16.7. The van der Waals surface area contributed by atoms with Gasteiger partial charge in [0.2, 0.25) is 5.91 Å². The van der Waals surface area contributed by atoms with Crippen LogP contribution in [-0.2, 0) is 43.6 Å². The van der Waals surface area contributed by atoms with Gasteiger partial charge in [-0.15, -0.1) is 0 Å². The molecule has 3 fully saturated rings. The highest BCUT2D eigenvalue weighted by Crippen LogP contribution is 2.42. The van der Waals surface area contributed by atoms with E-state index < -0.39 is 24.3 Å². The summed E-state index contributed by atoms with van der Waals surface area (Å²) in [6, 6.07) is 38.4. The van der Waals surface area contributed by atoms with E-state index >= 15 is 0 Å². The number of piperazine rings is 1. The molecule has 3 amide bonds. The lowest BCUT2D eigenvalue weighted by Gasteiger charge is -2.44. The molecule has 0 bridgehead atoms. The summed E-state index contributed by atoms with van der Waals surface area (Å²) in [5, 5.41) is 23.4. The quantitative estimate of drug-likeness (QED) is 0.0719. The van der Waals surface area contributed by atoms with Gasteiger partial charge in [0, 0.05) is 62.0 Å². The van der Waals surface area contributed by atoms with Gasteiger partial charge in [-0.2, -0.15) is 0 Å². The molecule has 14 nitrogen and oxygen atoms in total. The van der Waals surface area contributed by atoms with Crippen molar-refractivity contribution in [2.45, 2.75) is 57.6 Å². The molecule has 0 aromatic heterocycles. The molecule has 3 heterocycles. The van der Waals surface area contributed by atoms with Crippen LogP contribution in [0.3, 0.4) is 0 Å². The lowest BCUT2D eigenvalue weighted by molar-refractivity contribution is -0.384. The Kier molecular flexibility index (Phi) is 13.0. The van der Waals surface area contributed by atoms with E-state index in [2.05, 4.69) is 22.0 Å². The topological polar surface area (TPSA) is 164 Å². The lowest BCUT2D eigenvalue weighted by atomic mass is 9.89. The molecule has 3 aliphatic heterocycles. The van der Waals surface area contributed by atoms with Crippen LogP contribution in [0, 0.1) is 16.0 Å². The third-order valence-electron chi connectivity index (χ3n) is 11.9. The summed E-state index contributed by atoms with van der Waals surface area (Å²) in [6.07, 6.45) is -1.98. The van der Waals surface area contributed by atoms with E-state index in [9.17, 15) is 29.6 Å². The van der Waals surface area contributed by atoms with Crippen LogP contribution in [0.2, 0.25) is 0 Å². The van der Waals surface area contributed by atoms with Gasteiger partial charge in [-0.25, -0.2) is 4.79 Å². The number of nitrogens with zero attached hydrogens (tertiary/aromatic N) is 4. The molecule has 5 aromatic carbocycles. The van der Waals surface area contributed by atoms with E-state index in [1.165, 1.54) is 4.90 Å². The van der Waals surface area contributed by atoms with E-state index in [0.717, 1.165) is 70.8 Å². The first-order chi connectivity index (χ1) is 30.1. The van der Waals surface area contributed by atoms with Gasteiger partial charge in [0.25, 0.3) is 11.6 Å². The molecule has 2 N–H and O–H groups in total. The van der Waals surface area contributed by atoms with Crippen LogP contribution in [-0.4, -0.2) is 82.6 Å². The van der Waals surface area contributed by atoms with Crippen LogP contribution in [0.1, 0.15) is 53.6 Å². The number of ether oxygens (including phenoxy) is 3. The number of aliphatic hydroxyl groups is 1. The fraction of sp³-hybridized carbons (Fsp3) is 0.312. The van der Waals surface area contributed by atoms with E-state index in [-0.39, 0.29) is 60.8 Å². The summed E-state index contributed by atoms with van der Waals surface area (Å²) >= 11 is 0. The number of benzene rings is 5. The zero-order valence-corrected chi connectivity index (χ0v) is 34.4. The maximum Gasteiger partial charge on any atom is 0.408 e. The molecule has 14 heteroatoms. The molecule has 0 saturated carbocycles. The Morgan fingerprint density at radius 3 is 2.19 bits per heavy atom.